The fourth-order valence-electron chi connectivity index (χ4n) is 2.91. The van der Waals surface area contributed by atoms with Crippen LogP contribution in [0.2, 0.25) is 0 Å². The van der Waals surface area contributed by atoms with Crippen molar-refractivity contribution in [1.29, 1.82) is 0 Å². The summed E-state index contributed by atoms with van der Waals surface area (Å²) in [5.74, 6) is -0.0739. The molecular formula is C22H26N2O4. The molecule has 2 amide bonds. The van der Waals surface area contributed by atoms with Crippen LogP contribution in [-0.4, -0.2) is 29.8 Å². The van der Waals surface area contributed by atoms with Crippen molar-refractivity contribution in [3.05, 3.63) is 69.3 Å². The van der Waals surface area contributed by atoms with Crippen molar-refractivity contribution in [3.63, 3.8) is 0 Å². The Morgan fingerprint density at radius 3 is 2.25 bits per heavy atom. The molecule has 0 fully saturated rings. The summed E-state index contributed by atoms with van der Waals surface area (Å²) < 4.78 is 5.31. The number of carbonyl (C=O) groups is 2. The summed E-state index contributed by atoms with van der Waals surface area (Å²) in [6.07, 6.45) is 0. The lowest BCUT2D eigenvalue weighted by atomic mass is 10.0. The first kappa shape index (κ1) is 21.2. The molecule has 1 aromatic carbocycles. The Bertz CT molecular complexity index is 954. The zero-order chi connectivity index (χ0) is 20.8. The maximum absolute atomic E-state index is 12.7. The summed E-state index contributed by atoms with van der Waals surface area (Å²) in [7, 11) is 0. The molecule has 0 atom stereocenters. The summed E-state index contributed by atoms with van der Waals surface area (Å²) in [6.45, 7) is 10.3. The molecule has 0 aliphatic heterocycles. The zero-order valence-electron chi connectivity index (χ0n) is 17.0. The topological polar surface area (TPSA) is 79.6 Å². The monoisotopic (exact) mass is 382 g/mol. The number of nitrogens with zero attached hydrogens (tertiary/aromatic N) is 1. The number of carbonyl (C=O) groups excluding carboxylic acids is 2. The number of benzene rings is 1. The van der Waals surface area contributed by atoms with Gasteiger partial charge >= 0.3 is 5.63 Å². The van der Waals surface area contributed by atoms with Gasteiger partial charge in [0.05, 0.1) is 0 Å². The predicted octanol–water partition coefficient (Wildman–Crippen LogP) is 3.86. The van der Waals surface area contributed by atoms with E-state index in [1.165, 1.54) is 0 Å². The van der Waals surface area contributed by atoms with Gasteiger partial charge in [-0.05, 0) is 58.4 Å². The van der Waals surface area contributed by atoms with Crippen molar-refractivity contribution in [2.75, 3.05) is 18.4 Å². The highest BCUT2D eigenvalue weighted by atomic mass is 16.4. The molecule has 0 bridgehead atoms. The quantitative estimate of drug-likeness (QED) is 0.770. The van der Waals surface area contributed by atoms with Gasteiger partial charge in [-0.2, -0.15) is 0 Å². The summed E-state index contributed by atoms with van der Waals surface area (Å²) >= 11 is 0. The van der Waals surface area contributed by atoms with E-state index in [0.717, 1.165) is 0 Å². The van der Waals surface area contributed by atoms with Gasteiger partial charge in [0.1, 0.15) is 11.4 Å². The molecule has 0 radical (unpaired) electrons. The lowest BCUT2D eigenvalue weighted by Crippen LogP contribution is -2.31. The Morgan fingerprint density at radius 1 is 1.07 bits per heavy atom. The lowest BCUT2D eigenvalue weighted by molar-refractivity contribution is -0.126. The van der Waals surface area contributed by atoms with Crippen LogP contribution in [0.4, 0.5) is 5.69 Å². The molecule has 6 heteroatoms. The minimum absolute atomic E-state index is 0.0388. The van der Waals surface area contributed by atoms with Gasteiger partial charge in [0, 0.05) is 29.8 Å². The lowest BCUT2D eigenvalue weighted by Gasteiger charge is -2.20. The van der Waals surface area contributed by atoms with Crippen LogP contribution in [-0.2, 0) is 4.79 Å². The molecule has 1 N–H and O–H groups in total. The van der Waals surface area contributed by atoms with Gasteiger partial charge in [-0.25, -0.2) is 4.79 Å². The maximum Gasteiger partial charge on any atom is 0.359 e. The minimum Gasteiger partial charge on any atom is -0.426 e. The van der Waals surface area contributed by atoms with Crippen LogP contribution < -0.4 is 10.9 Å². The maximum atomic E-state index is 12.7. The number of aryl methyl sites for hydroxylation is 1. The number of anilines is 1. The fourth-order valence-corrected chi connectivity index (χ4v) is 2.91. The van der Waals surface area contributed by atoms with E-state index in [-0.39, 0.29) is 11.6 Å². The summed E-state index contributed by atoms with van der Waals surface area (Å²) in [5, 5.41) is 2.60. The van der Waals surface area contributed by atoms with E-state index in [4.69, 9.17) is 4.42 Å². The molecule has 0 unspecified atom stereocenters. The van der Waals surface area contributed by atoms with E-state index in [0.29, 0.717) is 41.1 Å². The molecule has 2 aromatic rings. The van der Waals surface area contributed by atoms with Gasteiger partial charge in [-0.3, -0.25) is 9.59 Å². The minimum atomic E-state index is -0.633. The highest BCUT2D eigenvalue weighted by Gasteiger charge is 2.18. The number of hydrogen-bond acceptors (Lipinski definition) is 4. The first-order chi connectivity index (χ1) is 13.3. The highest BCUT2D eigenvalue weighted by Crippen LogP contribution is 2.24. The average molecular weight is 382 g/mol. The molecule has 1 heterocycles. The van der Waals surface area contributed by atoms with Gasteiger partial charge < -0.3 is 14.6 Å². The second-order valence-electron chi connectivity index (χ2n) is 6.46. The number of allylic oxidation sites excluding steroid dienone is 1. The molecular weight excluding hydrogens is 356 g/mol. The molecule has 148 valence electrons. The molecule has 0 aliphatic rings. The van der Waals surface area contributed by atoms with Crippen LogP contribution in [0.25, 0.3) is 5.57 Å². The molecule has 1 aromatic heterocycles. The van der Waals surface area contributed by atoms with E-state index in [2.05, 4.69) is 5.32 Å². The Labute approximate surface area is 164 Å². The first-order valence-electron chi connectivity index (χ1n) is 9.28. The summed E-state index contributed by atoms with van der Waals surface area (Å²) in [4.78, 5) is 39.0. The van der Waals surface area contributed by atoms with Crippen molar-refractivity contribution in [1.82, 2.24) is 4.90 Å². The fraction of sp³-hybridized carbons (Fsp3) is 0.318. The molecule has 0 saturated carbocycles. The number of rotatable bonds is 6. The molecule has 6 nitrogen and oxygen atoms in total. The number of amides is 2. The predicted molar refractivity (Wildman–Crippen MR) is 110 cm³/mol. The van der Waals surface area contributed by atoms with E-state index < -0.39 is 11.5 Å². The molecule has 0 saturated heterocycles. The van der Waals surface area contributed by atoms with Gasteiger partial charge in [-0.15, -0.1) is 0 Å². The molecule has 2 rings (SSSR count). The number of likely N-dealkylation sites (N-methyl/N-ethyl adjacent to an activating group) is 1. The van der Waals surface area contributed by atoms with Crippen molar-refractivity contribution in [3.8, 4) is 0 Å². The summed E-state index contributed by atoms with van der Waals surface area (Å²) in [5.41, 5.74) is 1.72. The molecule has 0 aliphatic carbocycles. The molecule has 0 spiro atoms. The smallest absolute Gasteiger partial charge is 0.359 e. The Kier molecular flexibility index (Phi) is 6.93. The standard InChI is InChI=1S/C22H26N2O4/c1-6-24(7-2)21(26)15(4)14(3)18-13-19(22(27)28-16(18)5)23-20(25)17-11-9-8-10-12-17/h8-13H,6-7H2,1-5H3,(H,23,25)/b15-14-. The van der Waals surface area contributed by atoms with E-state index >= 15 is 0 Å². The number of hydrogen-bond donors (Lipinski definition) is 1. The third-order valence-corrected chi connectivity index (χ3v) is 4.76. The van der Waals surface area contributed by atoms with Gasteiger partial charge in [0.15, 0.2) is 0 Å². The second-order valence-corrected chi connectivity index (χ2v) is 6.46. The Hall–Kier alpha value is -3.15. The number of nitrogens with one attached hydrogen (secondary N) is 1. The van der Waals surface area contributed by atoms with Gasteiger partial charge in [-0.1, -0.05) is 18.2 Å². The SMILES string of the molecule is CCN(CC)C(=O)/C(C)=C(/C)c1cc(NC(=O)c2ccccc2)c(=O)oc1C. The van der Waals surface area contributed by atoms with Crippen molar-refractivity contribution in [2.45, 2.75) is 34.6 Å². The largest absolute Gasteiger partial charge is 0.426 e. The average Bonchev–Trinajstić information content (AvgIpc) is 2.70. The van der Waals surface area contributed by atoms with Crippen LogP contribution >= 0.6 is 0 Å². The van der Waals surface area contributed by atoms with Gasteiger partial charge in [0.25, 0.3) is 5.91 Å². The third kappa shape index (κ3) is 4.57. The zero-order valence-corrected chi connectivity index (χ0v) is 17.0. The van der Waals surface area contributed by atoms with Crippen molar-refractivity contribution < 1.29 is 14.0 Å². The molecule has 28 heavy (non-hydrogen) atoms. The summed E-state index contributed by atoms with van der Waals surface area (Å²) in [6, 6.07) is 10.2. The van der Waals surface area contributed by atoms with Gasteiger partial charge in [0.2, 0.25) is 5.91 Å². The van der Waals surface area contributed by atoms with Crippen LogP contribution in [0.1, 0.15) is 49.4 Å². The second kappa shape index (κ2) is 9.17. The van der Waals surface area contributed by atoms with Crippen LogP contribution in [0.5, 0.6) is 0 Å². The highest BCUT2D eigenvalue weighted by molar-refractivity contribution is 6.04. The first-order valence-corrected chi connectivity index (χ1v) is 9.28. The third-order valence-electron chi connectivity index (χ3n) is 4.76. The van der Waals surface area contributed by atoms with E-state index in [1.807, 2.05) is 20.8 Å². The van der Waals surface area contributed by atoms with Crippen LogP contribution in [0.3, 0.4) is 0 Å². The van der Waals surface area contributed by atoms with E-state index in [9.17, 15) is 14.4 Å². The van der Waals surface area contributed by atoms with Crippen LogP contribution in [0, 0.1) is 6.92 Å². The normalized spacial score (nSPS) is 11.6. The van der Waals surface area contributed by atoms with Crippen molar-refractivity contribution >= 4 is 23.1 Å². The van der Waals surface area contributed by atoms with E-state index in [1.54, 1.807) is 55.1 Å². The van der Waals surface area contributed by atoms with Crippen LogP contribution in [0.15, 0.2) is 51.2 Å². The Balaban J connectivity index is 2.42. The Morgan fingerprint density at radius 2 is 1.68 bits per heavy atom. The van der Waals surface area contributed by atoms with Crippen molar-refractivity contribution in [2.24, 2.45) is 0 Å².